The highest BCUT2D eigenvalue weighted by Gasteiger charge is 2.21. The second kappa shape index (κ2) is 10.3. The fourth-order valence-corrected chi connectivity index (χ4v) is 3.02. The largest absolute Gasteiger partial charge is 0.504 e. The van der Waals surface area contributed by atoms with Crippen LogP contribution in [0.5, 0.6) is 5.75 Å². The number of nitrogens with one attached hydrogen (secondary N) is 2. The van der Waals surface area contributed by atoms with Crippen molar-refractivity contribution in [1.29, 1.82) is 5.26 Å². The second-order valence-electron chi connectivity index (χ2n) is 6.85. The number of amides is 2. The molecule has 0 aliphatic carbocycles. The molecule has 10 heteroatoms. The van der Waals surface area contributed by atoms with Gasteiger partial charge < -0.3 is 20.5 Å². The predicted octanol–water partition coefficient (Wildman–Crippen LogP) is 2.29. The number of aromatic nitrogens is 2. The van der Waals surface area contributed by atoms with E-state index >= 15 is 0 Å². The first-order valence-electron chi connectivity index (χ1n) is 9.63. The van der Waals surface area contributed by atoms with Crippen molar-refractivity contribution in [2.75, 3.05) is 25.6 Å². The van der Waals surface area contributed by atoms with Crippen LogP contribution in [0.4, 0.5) is 10.2 Å². The maximum absolute atomic E-state index is 13.2. The first-order valence-corrected chi connectivity index (χ1v) is 9.63. The summed E-state index contributed by atoms with van der Waals surface area (Å²) in [5.41, 5.74) is 1.30. The lowest BCUT2D eigenvalue weighted by molar-refractivity contribution is -0.119. The summed E-state index contributed by atoms with van der Waals surface area (Å²) in [5.74, 6) is -1.99. The third-order valence-electron chi connectivity index (χ3n) is 4.46. The molecule has 0 unspecified atom stereocenters. The molecule has 0 bridgehead atoms. The fourth-order valence-electron chi connectivity index (χ4n) is 3.02. The predicted molar refractivity (Wildman–Crippen MR) is 113 cm³/mol. The highest BCUT2D eigenvalue weighted by Crippen LogP contribution is 2.32. The molecule has 1 aromatic carbocycles. The van der Waals surface area contributed by atoms with Gasteiger partial charge in [0.25, 0.3) is 11.8 Å². The number of halogens is 1. The number of nitrogens with zero attached hydrogens (tertiary/aromatic N) is 3. The van der Waals surface area contributed by atoms with Crippen molar-refractivity contribution < 1.29 is 23.8 Å². The van der Waals surface area contributed by atoms with Crippen LogP contribution in [0.3, 0.4) is 0 Å². The molecule has 0 aliphatic rings. The summed E-state index contributed by atoms with van der Waals surface area (Å²) in [6, 6.07) is 9.57. The normalized spacial score (nSPS) is 10.5. The van der Waals surface area contributed by atoms with E-state index in [0.717, 1.165) is 11.1 Å². The van der Waals surface area contributed by atoms with Crippen molar-refractivity contribution in [3.63, 3.8) is 0 Å². The van der Waals surface area contributed by atoms with Crippen molar-refractivity contribution in [3.05, 3.63) is 59.2 Å². The quantitative estimate of drug-likeness (QED) is 0.460. The Morgan fingerprint density at radius 2 is 2.00 bits per heavy atom. The molecule has 0 radical (unpaired) electrons. The van der Waals surface area contributed by atoms with Gasteiger partial charge in [0, 0.05) is 25.2 Å². The monoisotopic (exact) mass is 437 g/mol. The van der Waals surface area contributed by atoms with E-state index in [1.165, 1.54) is 25.4 Å². The topological polar surface area (TPSA) is 137 Å². The molecule has 164 valence electrons. The lowest BCUT2D eigenvalue weighted by Gasteiger charge is -2.13. The zero-order chi connectivity index (χ0) is 23.1. The minimum absolute atomic E-state index is 0.0266. The summed E-state index contributed by atoms with van der Waals surface area (Å²) >= 11 is 0. The minimum atomic E-state index is -0.709. The van der Waals surface area contributed by atoms with Crippen LogP contribution in [0.15, 0.2) is 36.5 Å². The van der Waals surface area contributed by atoms with Gasteiger partial charge in [-0.15, -0.1) is 0 Å². The molecule has 2 amide bonds. The van der Waals surface area contributed by atoms with Gasteiger partial charge in [0.1, 0.15) is 23.8 Å². The number of carbonyl (C=O) groups is 2. The van der Waals surface area contributed by atoms with E-state index in [4.69, 9.17) is 10.00 Å². The number of rotatable bonds is 8. The van der Waals surface area contributed by atoms with Crippen molar-refractivity contribution in [2.45, 2.75) is 12.8 Å². The van der Waals surface area contributed by atoms with Gasteiger partial charge in [0.15, 0.2) is 11.4 Å². The highest BCUT2D eigenvalue weighted by atomic mass is 19.1. The molecule has 3 rings (SSSR count). The van der Waals surface area contributed by atoms with Gasteiger partial charge in [-0.3, -0.25) is 14.6 Å². The molecule has 9 nitrogen and oxygen atoms in total. The Balaban J connectivity index is 2.03. The second-order valence-corrected chi connectivity index (χ2v) is 6.85. The van der Waals surface area contributed by atoms with E-state index in [1.54, 1.807) is 18.2 Å². The van der Waals surface area contributed by atoms with E-state index in [0.29, 0.717) is 11.8 Å². The van der Waals surface area contributed by atoms with E-state index in [2.05, 4.69) is 20.6 Å². The van der Waals surface area contributed by atoms with Crippen LogP contribution in [0.2, 0.25) is 0 Å². The number of methoxy groups -OCH3 is 1. The zero-order valence-electron chi connectivity index (χ0n) is 17.2. The fraction of sp³-hybridized carbons (Fsp3) is 0.227. The maximum Gasteiger partial charge on any atom is 0.273 e. The zero-order valence-corrected chi connectivity index (χ0v) is 17.2. The Labute approximate surface area is 182 Å². The van der Waals surface area contributed by atoms with Crippen molar-refractivity contribution in [2.24, 2.45) is 0 Å². The standard InChI is InChI=1S/C22H20FN5O4/c1-32-12-17(29)27-21-16-10-14(9-13-3-5-15(23)6-4-13)11-26-18(16)20(30)19(28-21)22(31)25-8-2-7-24/h3-6,10-11,30H,2,8-9,12H2,1H3,(H,25,31)(H,27,28,29). The molecule has 3 aromatic rings. The van der Waals surface area contributed by atoms with Crippen LogP contribution in [0, 0.1) is 17.1 Å². The molecular formula is C22H20FN5O4. The molecular weight excluding hydrogens is 417 g/mol. The number of hydrogen-bond donors (Lipinski definition) is 3. The number of carbonyl (C=O) groups excluding carboxylic acids is 2. The Morgan fingerprint density at radius 3 is 2.69 bits per heavy atom. The number of fused-ring (bicyclic) bond motifs is 1. The molecule has 32 heavy (non-hydrogen) atoms. The molecule has 3 N–H and O–H groups in total. The Kier molecular flexibility index (Phi) is 7.25. The van der Waals surface area contributed by atoms with Gasteiger partial charge in [-0.2, -0.15) is 5.26 Å². The van der Waals surface area contributed by atoms with E-state index in [9.17, 15) is 19.1 Å². The number of pyridine rings is 2. The summed E-state index contributed by atoms with van der Waals surface area (Å²) in [6.07, 6.45) is 2.03. The number of ether oxygens (including phenoxy) is 1. The summed E-state index contributed by atoms with van der Waals surface area (Å²) in [4.78, 5) is 33.0. The summed E-state index contributed by atoms with van der Waals surface area (Å²) in [6.45, 7) is -0.166. The van der Waals surface area contributed by atoms with Crippen LogP contribution in [-0.4, -0.2) is 47.2 Å². The molecule has 0 spiro atoms. The van der Waals surface area contributed by atoms with Crippen molar-refractivity contribution in [3.8, 4) is 11.8 Å². The van der Waals surface area contributed by atoms with Crippen LogP contribution in [0.25, 0.3) is 10.9 Å². The van der Waals surface area contributed by atoms with Crippen molar-refractivity contribution in [1.82, 2.24) is 15.3 Å². The number of aromatic hydroxyl groups is 1. The summed E-state index contributed by atoms with van der Waals surface area (Å²) in [7, 11) is 1.36. The third-order valence-corrected chi connectivity index (χ3v) is 4.46. The van der Waals surface area contributed by atoms with E-state index in [-0.39, 0.29) is 42.4 Å². The summed E-state index contributed by atoms with van der Waals surface area (Å²) in [5, 5.41) is 24.6. The highest BCUT2D eigenvalue weighted by molar-refractivity contribution is 6.07. The molecule has 0 atom stereocenters. The number of nitriles is 1. The lowest BCUT2D eigenvalue weighted by atomic mass is 10.0. The Morgan fingerprint density at radius 1 is 1.25 bits per heavy atom. The lowest BCUT2D eigenvalue weighted by Crippen LogP contribution is -2.26. The molecule has 0 saturated heterocycles. The maximum atomic E-state index is 13.2. The molecule has 0 fully saturated rings. The Hall–Kier alpha value is -4.10. The SMILES string of the molecule is COCC(=O)Nc1nc(C(=O)NCCC#N)c(O)c2ncc(Cc3ccc(F)cc3)cc12. The molecule has 0 aliphatic heterocycles. The number of benzene rings is 1. The van der Waals surface area contributed by atoms with E-state index in [1.807, 2.05) is 6.07 Å². The first-order chi connectivity index (χ1) is 15.4. The van der Waals surface area contributed by atoms with Crippen LogP contribution >= 0.6 is 0 Å². The van der Waals surface area contributed by atoms with Crippen LogP contribution < -0.4 is 10.6 Å². The Bertz CT molecular complexity index is 1190. The van der Waals surface area contributed by atoms with Gasteiger partial charge >= 0.3 is 0 Å². The smallest absolute Gasteiger partial charge is 0.273 e. The van der Waals surface area contributed by atoms with Gasteiger partial charge in [-0.25, -0.2) is 9.37 Å². The average molecular weight is 437 g/mol. The van der Waals surface area contributed by atoms with Crippen molar-refractivity contribution >= 4 is 28.5 Å². The first kappa shape index (κ1) is 22.6. The average Bonchev–Trinajstić information content (AvgIpc) is 2.77. The van der Waals surface area contributed by atoms with Gasteiger partial charge in [0.05, 0.1) is 12.5 Å². The van der Waals surface area contributed by atoms with Gasteiger partial charge in [0.2, 0.25) is 0 Å². The van der Waals surface area contributed by atoms with E-state index < -0.39 is 17.6 Å². The molecule has 2 heterocycles. The third kappa shape index (κ3) is 5.33. The van der Waals surface area contributed by atoms with Crippen LogP contribution in [-0.2, 0) is 16.0 Å². The molecule has 0 saturated carbocycles. The number of anilines is 1. The summed E-state index contributed by atoms with van der Waals surface area (Å²) < 4.78 is 18.0. The number of hydrogen-bond acceptors (Lipinski definition) is 7. The van der Waals surface area contributed by atoms with Gasteiger partial charge in [-0.1, -0.05) is 12.1 Å². The molecule has 2 aromatic heterocycles. The minimum Gasteiger partial charge on any atom is -0.504 e. The van der Waals surface area contributed by atoms with Crippen LogP contribution in [0.1, 0.15) is 28.0 Å². The van der Waals surface area contributed by atoms with Gasteiger partial charge in [-0.05, 0) is 35.7 Å².